The molecule has 0 fully saturated rings. The highest BCUT2D eigenvalue weighted by molar-refractivity contribution is 8.13. The maximum absolute atomic E-state index is 11.5. The quantitative estimate of drug-likeness (QED) is 0.863. The van der Waals surface area contributed by atoms with Crippen molar-refractivity contribution in [1.29, 1.82) is 0 Å². The fourth-order valence-electron chi connectivity index (χ4n) is 1.14. The second-order valence-corrected chi connectivity index (χ2v) is 3.93. The van der Waals surface area contributed by atoms with Gasteiger partial charge in [-0.3, -0.25) is 4.79 Å². The molecular weight excluding hydrogens is 218 g/mol. The molecule has 0 aliphatic rings. The van der Waals surface area contributed by atoms with Crippen LogP contribution in [0, 0.1) is 0 Å². The standard InChI is InChI=1S/C10H12ClNOS/c1-3-12-9-6-7(11)4-5-8(9)10(13)14-2/h4-6,12H,3H2,1-2H3. The monoisotopic (exact) mass is 229 g/mol. The van der Waals surface area contributed by atoms with E-state index < -0.39 is 0 Å². The lowest BCUT2D eigenvalue weighted by Gasteiger charge is -2.08. The molecule has 0 aliphatic heterocycles. The van der Waals surface area contributed by atoms with E-state index in [0.717, 1.165) is 12.2 Å². The Kier molecular flexibility index (Phi) is 4.29. The summed E-state index contributed by atoms with van der Waals surface area (Å²) in [6.07, 6.45) is 1.77. The van der Waals surface area contributed by atoms with Gasteiger partial charge in [0.15, 0.2) is 0 Å². The van der Waals surface area contributed by atoms with Crippen molar-refractivity contribution in [2.75, 3.05) is 18.1 Å². The molecule has 2 nitrogen and oxygen atoms in total. The fraction of sp³-hybridized carbons (Fsp3) is 0.300. The number of halogens is 1. The van der Waals surface area contributed by atoms with Crippen LogP contribution in [0.25, 0.3) is 0 Å². The van der Waals surface area contributed by atoms with Gasteiger partial charge in [0.2, 0.25) is 5.12 Å². The number of hydrogen-bond acceptors (Lipinski definition) is 3. The van der Waals surface area contributed by atoms with E-state index in [2.05, 4.69) is 5.32 Å². The molecule has 1 aromatic rings. The molecule has 0 saturated heterocycles. The van der Waals surface area contributed by atoms with Crippen LogP contribution < -0.4 is 5.32 Å². The third-order valence-corrected chi connectivity index (χ3v) is 2.58. The van der Waals surface area contributed by atoms with Gasteiger partial charge >= 0.3 is 0 Å². The Morgan fingerprint density at radius 2 is 2.29 bits per heavy atom. The first-order valence-corrected chi connectivity index (χ1v) is 5.91. The van der Waals surface area contributed by atoms with E-state index in [1.807, 2.05) is 6.92 Å². The molecule has 1 rings (SSSR count). The summed E-state index contributed by atoms with van der Waals surface area (Å²) >= 11 is 7.04. The van der Waals surface area contributed by atoms with Gasteiger partial charge in [0, 0.05) is 17.3 Å². The maximum atomic E-state index is 11.5. The zero-order valence-electron chi connectivity index (χ0n) is 8.13. The zero-order valence-corrected chi connectivity index (χ0v) is 9.71. The van der Waals surface area contributed by atoms with Crippen LogP contribution in [0.4, 0.5) is 5.69 Å². The predicted molar refractivity (Wildman–Crippen MR) is 63.5 cm³/mol. The summed E-state index contributed by atoms with van der Waals surface area (Å²) in [6, 6.07) is 5.25. The number of benzene rings is 1. The fourth-order valence-corrected chi connectivity index (χ4v) is 1.71. The average Bonchev–Trinajstić information content (AvgIpc) is 2.17. The lowest BCUT2D eigenvalue weighted by Crippen LogP contribution is -2.03. The van der Waals surface area contributed by atoms with Crippen molar-refractivity contribution in [2.45, 2.75) is 6.92 Å². The molecule has 0 aromatic heterocycles. The number of rotatable bonds is 3. The van der Waals surface area contributed by atoms with E-state index in [1.54, 1.807) is 24.5 Å². The number of nitrogens with one attached hydrogen (secondary N) is 1. The Balaban J connectivity index is 3.07. The first kappa shape index (κ1) is 11.4. The highest BCUT2D eigenvalue weighted by atomic mass is 35.5. The molecule has 0 aliphatic carbocycles. The summed E-state index contributed by atoms with van der Waals surface area (Å²) < 4.78 is 0. The van der Waals surface area contributed by atoms with Crippen LogP contribution in [0.5, 0.6) is 0 Å². The van der Waals surface area contributed by atoms with Crippen LogP contribution in [0.1, 0.15) is 17.3 Å². The molecule has 0 atom stereocenters. The van der Waals surface area contributed by atoms with Crippen LogP contribution in [0.3, 0.4) is 0 Å². The van der Waals surface area contributed by atoms with Crippen LogP contribution >= 0.6 is 23.4 Å². The largest absolute Gasteiger partial charge is 0.385 e. The molecule has 0 heterocycles. The van der Waals surface area contributed by atoms with Crippen LogP contribution in [-0.2, 0) is 0 Å². The Morgan fingerprint density at radius 1 is 1.57 bits per heavy atom. The Hall–Kier alpha value is -0.670. The second-order valence-electron chi connectivity index (χ2n) is 2.71. The number of anilines is 1. The van der Waals surface area contributed by atoms with Gasteiger partial charge in [0.05, 0.1) is 5.56 Å². The normalized spacial score (nSPS) is 9.93. The third kappa shape index (κ3) is 2.66. The maximum Gasteiger partial charge on any atom is 0.221 e. The van der Waals surface area contributed by atoms with Gasteiger partial charge in [-0.25, -0.2) is 0 Å². The van der Waals surface area contributed by atoms with Crippen molar-refractivity contribution in [1.82, 2.24) is 0 Å². The summed E-state index contributed by atoms with van der Waals surface area (Å²) in [5.41, 5.74) is 1.49. The molecule has 0 amide bonds. The molecule has 0 radical (unpaired) electrons. The van der Waals surface area contributed by atoms with Crippen molar-refractivity contribution in [2.24, 2.45) is 0 Å². The number of thioether (sulfide) groups is 1. The predicted octanol–water partition coefficient (Wildman–Crippen LogP) is 3.28. The molecule has 4 heteroatoms. The second kappa shape index (κ2) is 5.27. The van der Waals surface area contributed by atoms with E-state index in [4.69, 9.17) is 11.6 Å². The van der Waals surface area contributed by atoms with Crippen LogP contribution in [0.15, 0.2) is 18.2 Å². The van der Waals surface area contributed by atoms with Crippen LogP contribution in [-0.4, -0.2) is 17.9 Å². The van der Waals surface area contributed by atoms with Gasteiger partial charge in [-0.1, -0.05) is 23.4 Å². The first-order chi connectivity index (χ1) is 6.69. The number of carbonyl (C=O) groups excluding carboxylic acids is 1. The minimum absolute atomic E-state index is 0.0533. The zero-order chi connectivity index (χ0) is 10.6. The molecular formula is C10H12ClNOS. The van der Waals surface area contributed by atoms with Crippen molar-refractivity contribution in [3.8, 4) is 0 Å². The van der Waals surface area contributed by atoms with Gasteiger partial charge in [0.1, 0.15) is 0 Å². The lowest BCUT2D eigenvalue weighted by molar-refractivity contribution is 0.109. The van der Waals surface area contributed by atoms with Gasteiger partial charge in [-0.15, -0.1) is 0 Å². The summed E-state index contributed by atoms with van der Waals surface area (Å²) in [5, 5.41) is 3.80. The molecule has 1 N–H and O–H groups in total. The van der Waals surface area contributed by atoms with Gasteiger partial charge in [-0.05, 0) is 31.4 Å². The van der Waals surface area contributed by atoms with Gasteiger partial charge in [0.25, 0.3) is 0 Å². The SMILES string of the molecule is CCNc1cc(Cl)ccc1C(=O)SC. The van der Waals surface area contributed by atoms with E-state index >= 15 is 0 Å². The van der Waals surface area contributed by atoms with E-state index in [-0.39, 0.29) is 5.12 Å². The summed E-state index contributed by atoms with van der Waals surface area (Å²) in [5.74, 6) is 0. The van der Waals surface area contributed by atoms with E-state index in [1.165, 1.54) is 11.8 Å². The van der Waals surface area contributed by atoms with Gasteiger partial charge in [-0.2, -0.15) is 0 Å². The molecule has 1 aromatic carbocycles. The lowest BCUT2D eigenvalue weighted by atomic mass is 10.2. The number of carbonyl (C=O) groups is 1. The average molecular weight is 230 g/mol. The third-order valence-electron chi connectivity index (χ3n) is 1.75. The van der Waals surface area contributed by atoms with Crippen LogP contribution in [0.2, 0.25) is 5.02 Å². The summed E-state index contributed by atoms with van der Waals surface area (Å²) in [7, 11) is 0. The Bertz CT molecular complexity index is 341. The Labute approximate surface area is 93.0 Å². The summed E-state index contributed by atoms with van der Waals surface area (Å²) in [4.78, 5) is 11.5. The van der Waals surface area contributed by atoms with Crippen molar-refractivity contribution in [3.05, 3.63) is 28.8 Å². The highest BCUT2D eigenvalue weighted by Crippen LogP contribution is 2.23. The minimum atomic E-state index is 0.0533. The number of hydrogen-bond donors (Lipinski definition) is 1. The van der Waals surface area contributed by atoms with Crippen molar-refractivity contribution < 1.29 is 4.79 Å². The Morgan fingerprint density at radius 3 is 2.86 bits per heavy atom. The topological polar surface area (TPSA) is 29.1 Å². The molecule has 0 unspecified atom stereocenters. The first-order valence-electron chi connectivity index (χ1n) is 4.30. The van der Waals surface area contributed by atoms with Gasteiger partial charge < -0.3 is 5.32 Å². The molecule has 0 saturated carbocycles. The molecule has 0 bridgehead atoms. The highest BCUT2D eigenvalue weighted by Gasteiger charge is 2.09. The van der Waals surface area contributed by atoms with Crippen molar-refractivity contribution in [3.63, 3.8) is 0 Å². The smallest absolute Gasteiger partial charge is 0.221 e. The van der Waals surface area contributed by atoms with E-state index in [0.29, 0.717) is 10.6 Å². The molecule has 76 valence electrons. The van der Waals surface area contributed by atoms with Crippen molar-refractivity contribution >= 4 is 34.2 Å². The van der Waals surface area contributed by atoms with E-state index in [9.17, 15) is 4.79 Å². The minimum Gasteiger partial charge on any atom is -0.385 e. The molecule has 0 spiro atoms. The summed E-state index contributed by atoms with van der Waals surface area (Å²) in [6.45, 7) is 2.75. The molecule has 14 heavy (non-hydrogen) atoms.